The van der Waals surface area contributed by atoms with Gasteiger partial charge < -0.3 is 9.47 Å². The van der Waals surface area contributed by atoms with E-state index < -0.39 is 0 Å². The quantitative estimate of drug-likeness (QED) is 0.208. The highest BCUT2D eigenvalue weighted by Gasteiger charge is 2.21. The van der Waals surface area contributed by atoms with Crippen LogP contribution < -0.4 is 9.47 Å². The molecular formula is C33H25ClO3. The predicted octanol–water partition coefficient (Wildman–Crippen LogP) is 8.59. The summed E-state index contributed by atoms with van der Waals surface area (Å²) in [5, 5.41) is 0.579. The third-order valence-corrected chi connectivity index (χ3v) is 6.69. The molecule has 0 aliphatic carbocycles. The Morgan fingerprint density at radius 2 is 1.14 bits per heavy atom. The van der Waals surface area contributed by atoms with Crippen LogP contribution in [0.3, 0.4) is 0 Å². The standard InChI is InChI=1S/C33H25ClO3/c1-36-25-14-8-12-23(18-25)28-20-30(27-16-6-7-17-32(27)34)31(33(35)22-10-4-3-5-11-22)21-29(28)24-13-9-15-26(19-24)37-2/h3-21H,1-2H3. The summed E-state index contributed by atoms with van der Waals surface area (Å²) in [6.45, 7) is 0. The highest BCUT2D eigenvalue weighted by Crippen LogP contribution is 2.42. The van der Waals surface area contributed by atoms with Gasteiger partial charge in [0.2, 0.25) is 0 Å². The van der Waals surface area contributed by atoms with Crippen LogP contribution in [0.15, 0.2) is 115 Å². The van der Waals surface area contributed by atoms with E-state index in [0.717, 1.165) is 44.9 Å². The monoisotopic (exact) mass is 504 g/mol. The normalized spacial score (nSPS) is 10.7. The summed E-state index contributed by atoms with van der Waals surface area (Å²) in [6, 6.07) is 36.7. The van der Waals surface area contributed by atoms with Gasteiger partial charge in [0.25, 0.3) is 0 Å². The molecule has 0 amide bonds. The molecule has 3 nitrogen and oxygen atoms in total. The molecule has 0 bridgehead atoms. The van der Waals surface area contributed by atoms with Gasteiger partial charge in [-0.1, -0.05) is 84.4 Å². The van der Waals surface area contributed by atoms with E-state index in [4.69, 9.17) is 21.1 Å². The van der Waals surface area contributed by atoms with Crippen molar-refractivity contribution >= 4 is 17.4 Å². The fourth-order valence-electron chi connectivity index (χ4n) is 4.49. The number of benzene rings is 5. The second-order valence-corrected chi connectivity index (χ2v) is 8.99. The van der Waals surface area contributed by atoms with Crippen molar-refractivity contribution in [2.75, 3.05) is 14.2 Å². The Hall–Kier alpha value is -4.34. The average molecular weight is 505 g/mol. The number of methoxy groups -OCH3 is 2. The molecule has 5 aromatic carbocycles. The zero-order valence-electron chi connectivity index (χ0n) is 20.6. The lowest BCUT2D eigenvalue weighted by atomic mass is 9.85. The summed E-state index contributed by atoms with van der Waals surface area (Å²) >= 11 is 6.68. The fourth-order valence-corrected chi connectivity index (χ4v) is 4.73. The van der Waals surface area contributed by atoms with E-state index in [9.17, 15) is 4.79 Å². The van der Waals surface area contributed by atoms with E-state index in [1.807, 2.05) is 109 Å². The highest BCUT2D eigenvalue weighted by molar-refractivity contribution is 6.33. The maximum absolute atomic E-state index is 13.9. The van der Waals surface area contributed by atoms with Crippen molar-refractivity contribution in [3.63, 3.8) is 0 Å². The third kappa shape index (κ3) is 5.00. The molecule has 0 N–H and O–H groups in total. The molecule has 0 spiro atoms. The first-order chi connectivity index (χ1) is 18.1. The first-order valence-electron chi connectivity index (χ1n) is 11.9. The molecular weight excluding hydrogens is 480 g/mol. The maximum atomic E-state index is 13.9. The lowest BCUT2D eigenvalue weighted by Gasteiger charge is -2.19. The van der Waals surface area contributed by atoms with Crippen molar-refractivity contribution < 1.29 is 14.3 Å². The molecule has 0 fully saturated rings. The SMILES string of the molecule is COc1cccc(-c2cc(C(=O)c3ccccc3)c(-c3ccccc3Cl)cc2-c2cccc(OC)c2)c1. The van der Waals surface area contributed by atoms with Gasteiger partial charge in [-0.3, -0.25) is 4.79 Å². The third-order valence-electron chi connectivity index (χ3n) is 6.36. The summed E-state index contributed by atoms with van der Waals surface area (Å²) in [5.74, 6) is 1.41. The molecule has 0 radical (unpaired) electrons. The Balaban J connectivity index is 1.85. The fraction of sp³-hybridized carbons (Fsp3) is 0.0606. The van der Waals surface area contributed by atoms with Gasteiger partial charge >= 0.3 is 0 Å². The van der Waals surface area contributed by atoms with Gasteiger partial charge in [-0.2, -0.15) is 0 Å². The Morgan fingerprint density at radius 3 is 1.73 bits per heavy atom. The van der Waals surface area contributed by atoms with Gasteiger partial charge in [0.1, 0.15) is 11.5 Å². The first kappa shape index (κ1) is 24.4. The first-order valence-corrected chi connectivity index (χ1v) is 12.3. The van der Waals surface area contributed by atoms with Gasteiger partial charge in [-0.15, -0.1) is 0 Å². The van der Waals surface area contributed by atoms with E-state index in [2.05, 4.69) is 6.07 Å². The van der Waals surface area contributed by atoms with Gasteiger partial charge in [-0.25, -0.2) is 0 Å². The molecule has 0 saturated heterocycles. The van der Waals surface area contributed by atoms with Crippen LogP contribution in [0.5, 0.6) is 11.5 Å². The van der Waals surface area contributed by atoms with Gasteiger partial charge in [0.05, 0.1) is 14.2 Å². The van der Waals surface area contributed by atoms with Crippen molar-refractivity contribution in [1.82, 2.24) is 0 Å². The topological polar surface area (TPSA) is 35.5 Å². The minimum atomic E-state index is -0.0724. The van der Waals surface area contributed by atoms with Crippen LogP contribution in [0.4, 0.5) is 0 Å². The van der Waals surface area contributed by atoms with Crippen molar-refractivity contribution in [3.8, 4) is 44.9 Å². The minimum absolute atomic E-state index is 0.0724. The molecule has 182 valence electrons. The number of carbonyl (C=O) groups excluding carboxylic acids is 1. The zero-order valence-corrected chi connectivity index (χ0v) is 21.3. The number of halogens is 1. The van der Waals surface area contributed by atoms with Crippen LogP contribution in [-0.2, 0) is 0 Å². The van der Waals surface area contributed by atoms with Crippen LogP contribution in [0.2, 0.25) is 5.02 Å². The summed E-state index contributed by atoms with van der Waals surface area (Å²) in [4.78, 5) is 13.9. The van der Waals surface area contributed by atoms with Crippen LogP contribution in [0.25, 0.3) is 33.4 Å². The molecule has 4 heteroatoms. The van der Waals surface area contributed by atoms with Crippen LogP contribution >= 0.6 is 11.6 Å². The minimum Gasteiger partial charge on any atom is -0.497 e. The summed E-state index contributed by atoms with van der Waals surface area (Å²) in [7, 11) is 3.30. The molecule has 0 aliphatic heterocycles. The summed E-state index contributed by atoms with van der Waals surface area (Å²) < 4.78 is 11.0. The molecule has 0 unspecified atom stereocenters. The predicted molar refractivity (Wildman–Crippen MR) is 151 cm³/mol. The number of ketones is 1. The van der Waals surface area contributed by atoms with Crippen molar-refractivity contribution in [2.45, 2.75) is 0 Å². The van der Waals surface area contributed by atoms with Crippen LogP contribution in [-0.4, -0.2) is 20.0 Å². The number of carbonyl (C=O) groups is 1. The van der Waals surface area contributed by atoms with Crippen LogP contribution in [0, 0.1) is 0 Å². The van der Waals surface area contributed by atoms with E-state index >= 15 is 0 Å². The number of hydrogen-bond donors (Lipinski definition) is 0. The molecule has 0 atom stereocenters. The van der Waals surface area contributed by atoms with E-state index in [0.29, 0.717) is 16.1 Å². The summed E-state index contributed by atoms with van der Waals surface area (Å²) in [5.41, 5.74) is 6.50. The number of ether oxygens (including phenoxy) is 2. The lowest BCUT2D eigenvalue weighted by molar-refractivity contribution is 0.103. The van der Waals surface area contributed by atoms with Crippen molar-refractivity contribution in [2.24, 2.45) is 0 Å². The summed E-state index contributed by atoms with van der Waals surface area (Å²) in [6.07, 6.45) is 0. The molecule has 0 heterocycles. The smallest absolute Gasteiger partial charge is 0.193 e. The zero-order chi connectivity index (χ0) is 25.8. The Kier molecular flexibility index (Phi) is 7.07. The van der Waals surface area contributed by atoms with E-state index in [-0.39, 0.29) is 5.78 Å². The maximum Gasteiger partial charge on any atom is 0.193 e. The second-order valence-electron chi connectivity index (χ2n) is 8.58. The van der Waals surface area contributed by atoms with Gasteiger partial charge in [0, 0.05) is 21.7 Å². The molecule has 0 saturated carbocycles. The Morgan fingerprint density at radius 1 is 0.568 bits per heavy atom. The molecule has 5 aromatic rings. The average Bonchev–Trinajstić information content (AvgIpc) is 2.97. The van der Waals surface area contributed by atoms with Crippen molar-refractivity contribution in [1.29, 1.82) is 0 Å². The van der Waals surface area contributed by atoms with Gasteiger partial charge in [0.15, 0.2) is 5.78 Å². The Bertz CT molecular complexity index is 1570. The second kappa shape index (κ2) is 10.7. The molecule has 37 heavy (non-hydrogen) atoms. The molecule has 5 rings (SSSR count). The molecule has 0 aliphatic rings. The van der Waals surface area contributed by atoms with Crippen LogP contribution in [0.1, 0.15) is 15.9 Å². The largest absolute Gasteiger partial charge is 0.497 e. The van der Waals surface area contributed by atoms with Gasteiger partial charge in [-0.05, 0) is 70.3 Å². The number of rotatable bonds is 7. The van der Waals surface area contributed by atoms with E-state index in [1.54, 1.807) is 14.2 Å². The lowest BCUT2D eigenvalue weighted by Crippen LogP contribution is -2.05. The Labute approximate surface area is 221 Å². The van der Waals surface area contributed by atoms with Crippen molar-refractivity contribution in [3.05, 3.63) is 131 Å². The number of hydrogen-bond acceptors (Lipinski definition) is 3. The van der Waals surface area contributed by atoms with E-state index in [1.165, 1.54) is 0 Å². The molecule has 0 aromatic heterocycles. The highest BCUT2D eigenvalue weighted by atomic mass is 35.5.